The van der Waals surface area contributed by atoms with Crippen molar-refractivity contribution in [1.82, 2.24) is 10.6 Å². The quantitative estimate of drug-likeness (QED) is 0.0352. The molecule has 0 aromatic heterocycles. The van der Waals surface area contributed by atoms with Crippen molar-refractivity contribution in [3.8, 4) is 11.5 Å². The van der Waals surface area contributed by atoms with Crippen LogP contribution in [0.4, 0.5) is 27.2 Å². The van der Waals surface area contributed by atoms with E-state index in [4.69, 9.17) is 37.9 Å². The predicted octanol–water partition coefficient (Wildman–Crippen LogP) is 5.74. The van der Waals surface area contributed by atoms with Gasteiger partial charge in [-0.05, 0) is 76.2 Å². The van der Waals surface area contributed by atoms with E-state index >= 15 is 17.6 Å². The van der Waals surface area contributed by atoms with Crippen molar-refractivity contribution in [3.05, 3.63) is 84.0 Å². The Morgan fingerprint density at radius 2 is 0.944 bits per heavy atom. The minimum atomic E-state index is -4.68. The number of amides is 2. The topological polar surface area (TPSA) is 166 Å². The number of nitrogens with one attached hydrogen (secondary N) is 2. The summed E-state index contributed by atoms with van der Waals surface area (Å²) in [5.74, 6) is -10.7. The van der Waals surface area contributed by atoms with Gasteiger partial charge in [-0.2, -0.15) is 17.6 Å². The van der Waals surface area contributed by atoms with Crippen LogP contribution in [0.5, 0.6) is 11.5 Å². The maximum atomic E-state index is 15.3. The molecule has 298 valence electrons. The van der Waals surface area contributed by atoms with Crippen molar-refractivity contribution >= 4 is 24.1 Å². The number of hydrogen-bond donors (Lipinski definition) is 2. The summed E-state index contributed by atoms with van der Waals surface area (Å²) >= 11 is 0. The van der Waals surface area contributed by atoms with Crippen LogP contribution in [0.3, 0.4) is 0 Å². The van der Waals surface area contributed by atoms with Crippen LogP contribution >= 0.6 is 0 Å². The molecule has 0 radical (unpaired) electrons. The molecule has 2 N–H and O–H groups in total. The Morgan fingerprint density at radius 3 is 1.24 bits per heavy atom. The number of alkyl halides is 4. The van der Waals surface area contributed by atoms with Gasteiger partial charge in [0.25, 0.3) is 0 Å². The van der Waals surface area contributed by atoms with E-state index in [9.17, 15) is 19.2 Å². The van der Waals surface area contributed by atoms with Gasteiger partial charge in [0, 0.05) is 35.5 Å². The lowest BCUT2D eigenvalue weighted by atomic mass is 9.96. The second kappa shape index (κ2) is 22.0. The number of ether oxygens (including phenoxy) is 8. The summed E-state index contributed by atoms with van der Waals surface area (Å²) in [7, 11) is 0. The zero-order chi connectivity index (χ0) is 40.3. The highest BCUT2D eigenvalue weighted by atomic mass is 19.3. The van der Waals surface area contributed by atoms with Crippen LogP contribution in [-0.4, -0.2) is 89.4 Å². The maximum absolute atomic E-state index is 15.3. The molecule has 18 heteroatoms. The van der Waals surface area contributed by atoms with Crippen molar-refractivity contribution in [2.45, 2.75) is 52.1 Å². The van der Waals surface area contributed by atoms with Gasteiger partial charge < -0.3 is 48.5 Å². The zero-order valence-electron chi connectivity index (χ0n) is 30.3. The SMILES string of the molecule is C=C(C)C(=O)OCCNC(=O)OCC(OCC)Oc1ccc(C(F)(F)C(F)(F)c2ccc(OC(COC(=O)NCCOC(=O)C(=C)C)OCC)cc2)cc1. The van der Waals surface area contributed by atoms with Gasteiger partial charge in [0.05, 0.1) is 13.1 Å². The molecule has 54 heavy (non-hydrogen) atoms. The molecule has 2 amide bonds. The third-order valence-electron chi connectivity index (χ3n) is 6.68. The van der Waals surface area contributed by atoms with Crippen LogP contribution in [0, 0.1) is 0 Å². The summed E-state index contributed by atoms with van der Waals surface area (Å²) < 4.78 is 103. The minimum Gasteiger partial charge on any atom is -0.461 e. The molecule has 0 fully saturated rings. The van der Waals surface area contributed by atoms with E-state index in [0.717, 1.165) is 48.5 Å². The normalized spacial score (nSPS) is 12.4. The number of benzene rings is 2. The Kier molecular flexibility index (Phi) is 18.2. The lowest BCUT2D eigenvalue weighted by Gasteiger charge is -2.28. The summed E-state index contributed by atoms with van der Waals surface area (Å²) in [6, 6.07) is 7.20. The summed E-state index contributed by atoms with van der Waals surface area (Å²) in [6.45, 7) is 12.1. The fraction of sp³-hybridized carbons (Fsp3) is 0.444. The van der Waals surface area contributed by atoms with E-state index in [0.29, 0.717) is 0 Å². The number of halogens is 4. The third-order valence-corrected chi connectivity index (χ3v) is 6.68. The van der Waals surface area contributed by atoms with Gasteiger partial charge in [-0.1, -0.05) is 13.2 Å². The largest absolute Gasteiger partial charge is 0.461 e. The molecule has 0 saturated heterocycles. The van der Waals surface area contributed by atoms with Crippen LogP contribution in [0.25, 0.3) is 0 Å². The Balaban J connectivity index is 1.96. The molecular formula is C36H44F4N2O12. The highest BCUT2D eigenvalue weighted by Crippen LogP contribution is 2.50. The Morgan fingerprint density at radius 1 is 0.611 bits per heavy atom. The fourth-order valence-corrected chi connectivity index (χ4v) is 3.99. The molecule has 2 aromatic rings. The Bertz CT molecular complexity index is 1440. The van der Waals surface area contributed by atoms with Gasteiger partial charge in [0.15, 0.2) is 13.2 Å². The van der Waals surface area contributed by atoms with Crippen LogP contribution in [0.2, 0.25) is 0 Å². The molecule has 2 atom stereocenters. The first-order valence-corrected chi connectivity index (χ1v) is 16.5. The summed E-state index contributed by atoms with van der Waals surface area (Å²) in [6.07, 6.45) is -4.11. The second-order valence-corrected chi connectivity index (χ2v) is 11.1. The van der Waals surface area contributed by atoms with Crippen molar-refractivity contribution in [1.29, 1.82) is 0 Å². The molecular weight excluding hydrogens is 728 g/mol. The van der Waals surface area contributed by atoms with Crippen LogP contribution < -0.4 is 20.1 Å². The van der Waals surface area contributed by atoms with Crippen molar-refractivity contribution in [2.75, 3.05) is 52.7 Å². The molecule has 0 aliphatic carbocycles. The average molecular weight is 773 g/mol. The number of hydrogen-bond acceptors (Lipinski definition) is 12. The average Bonchev–Trinajstić information content (AvgIpc) is 3.13. The van der Waals surface area contributed by atoms with E-state index in [1.165, 1.54) is 13.8 Å². The number of carbonyl (C=O) groups excluding carboxylic acids is 4. The summed E-state index contributed by atoms with van der Waals surface area (Å²) in [5, 5.41) is 4.70. The van der Waals surface area contributed by atoms with Crippen molar-refractivity contribution < 1.29 is 74.6 Å². The lowest BCUT2D eigenvalue weighted by molar-refractivity contribution is -0.223. The van der Waals surface area contributed by atoms with E-state index in [-0.39, 0.29) is 62.2 Å². The molecule has 2 aromatic carbocycles. The molecule has 0 bridgehead atoms. The molecule has 0 aliphatic heterocycles. The van der Waals surface area contributed by atoms with E-state index in [1.807, 2.05) is 0 Å². The second-order valence-electron chi connectivity index (χ2n) is 11.1. The molecule has 0 saturated carbocycles. The third kappa shape index (κ3) is 14.6. The summed E-state index contributed by atoms with van der Waals surface area (Å²) in [5.41, 5.74) is -1.65. The zero-order valence-corrected chi connectivity index (χ0v) is 30.3. The molecule has 0 spiro atoms. The number of carbonyl (C=O) groups is 4. The van der Waals surface area contributed by atoms with Gasteiger partial charge in [-0.25, -0.2) is 19.2 Å². The molecule has 2 unspecified atom stereocenters. The molecule has 0 heterocycles. The maximum Gasteiger partial charge on any atom is 0.407 e. The van der Waals surface area contributed by atoms with Crippen LogP contribution in [0.1, 0.15) is 38.8 Å². The first kappa shape index (κ1) is 44.8. The standard InChI is InChI=1S/C36H44F4N2O12/c1-7-47-29(21-51-33(45)41-17-19-49-31(43)23(3)4)53-27-13-9-25(10-14-27)35(37,38)36(39,40)26-11-15-28(16-12-26)54-30(48-8-2)22-52-34(46)42-18-20-50-32(44)24(5)6/h9-16,29-30H,3,5,7-8,17-22H2,1-2,4,6H3,(H,41,45)(H,42,46). The van der Waals surface area contributed by atoms with Crippen molar-refractivity contribution in [3.63, 3.8) is 0 Å². The lowest BCUT2D eigenvalue weighted by Crippen LogP contribution is -2.35. The monoisotopic (exact) mass is 772 g/mol. The van der Waals surface area contributed by atoms with Gasteiger partial charge >= 0.3 is 36.0 Å². The Hall–Kier alpha value is -5.36. The molecule has 0 aliphatic rings. The highest BCUT2D eigenvalue weighted by molar-refractivity contribution is 5.87. The van der Waals surface area contributed by atoms with E-state index < -0.39 is 72.9 Å². The number of esters is 2. The van der Waals surface area contributed by atoms with Gasteiger partial charge in [0.2, 0.25) is 12.6 Å². The summed E-state index contributed by atoms with van der Waals surface area (Å²) in [4.78, 5) is 46.6. The number of rotatable bonds is 23. The number of alkyl carbamates (subject to hydrolysis) is 2. The van der Waals surface area contributed by atoms with Gasteiger partial charge in [-0.3, -0.25) is 0 Å². The van der Waals surface area contributed by atoms with E-state index in [2.05, 4.69) is 23.8 Å². The fourth-order valence-electron chi connectivity index (χ4n) is 3.99. The van der Waals surface area contributed by atoms with Crippen LogP contribution in [0.15, 0.2) is 72.8 Å². The predicted molar refractivity (Wildman–Crippen MR) is 183 cm³/mol. The van der Waals surface area contributed by atoms with Gasteiger partial charge in [0.1, 0.15) is 24.7 Å². The minimum absolute atomic E-state index is 0.0389. The first-order chi connectivity index (χ1) is 25.5. The highest BCUT2D eigenvalue weighted by Gasteiger charge is 2.58. The first-order valence-electron chi connectivity index (χ1n) is 16.5. The van der Waals surface area contributed by atoms with Crippen LogP contribution in [-0.2, 0) is 49.9 Å². The Labute approximate surface area is 309 Å². The smallest absolute Gasteiger partial charge is 0.407 e. The molecule has 14 nitrogen and oxygen atoms in total. The van der Waals surface area contributed by atoms with E-state index in [1.54, 1.807) is 13.8 Å². The van der Waals surface area contributed by atoms with Crippen molar-refractivity contribution in [2.24, 2.45) is 0 Å². The van der Waals surface area contributed by atoms with Gasteiger partial charge in [-0.15, -0.1) is 0 Å². The molecule has 2 rings (SSSR count).